The van der Waals surface area contributed by atoms with Crippen molar-refractivity contribution in [1.82, 2.24) is 10.3 Å². The molecule has 2 fully saturated rings. The van der Waals surface area contributed by atoms with Crippen LogP contribution in [0.2, 0.25) is 0 Å². The van der Waals surface area contributed by atoms with Crippen LogP contribution in [0.1, 0.15) is 57.2 Å². The summed E-state index contributed by atoms with van der Waals surface area (Å²) in [6, 6.07) is 0.782. The van der Waals surface area contributed by atoms with E-state index in [9.17, 15) is 0 Å². The van der Waals surface area contributed by atoms with Gasteiger partial charge in [-0.2, -0.15) is 0 Å². The molecule has 0 spiro atoms. The molecule has 0 bridgehead atoms. The molecule has 3 heteroatoms. The summed E-state index contributed by atoms with van der Waals surface area (Å²) < 4.78 is 0. The van der Waals surface area contributed by atoms with Gasteiger partial charge in [-0.05, 0) is 37.5 Å². The van der Waals surface area contributed by atoms with E-state index in [1.807, 2.05) is 0 Å². The van der Waals surface area contributed by atoms with Gasteiger partial charge in [0.1, 0.15) is 0 Å². The van der Waals surface area contributed by atoms with Gasteiger partial charge in [0.2, 0.25) is 0 Å². The average molecular weight is 264 g/mol. The highest BCUT2D eigenvalue weighted by atomic mass is 32.1. The van der Waals surface area contributed by atoms with Crippen LogP contribution in [-0.4, -0.2) is 11.0 Å². The lowest BCUT2D eigenvalue weighted by molar-refractivity contribution is 0.413. The van der Waals surface area contributed by atoms with Crippen LogP contribution in [0.5, 0.6) is 0 Å². The molecule has 0 saturated heterocycles. The van der Waals surface area contributed by atoms with Gasteiger partial charge < -0.3 is 5.32 Å². The molecule has 18 heavy (non-hydrogen) atoms. The maximum Gasteiger partial charge on any atom is 0.0982 e. The third-order valence-electron chi connectivity index (χ3n) is 3.97. The second kappa shape index (κ2) is 4.61. The Morgan fingerprint density at radius 2 is 1.89 bits per heavy atom. The Morgan fingerprint density at radius 3 is 2.33 bits per heavy atom. The SMILES string of the molecule is CC(C)(C)c1nc(CNC(C2CC2)C2CC2)cs1. The van der Waals surface area contributed by atoms with Gasteiger partial charge in [0.25, 0.3) is 0 Å². The van der Waals surface area contributed by atoms with Gasteiger partial charge in [0.05, 0.1) is 10.7 Å². The molecule has 100 valence electrons. The van der Waals surface area contributed by atoms with Crippen molar-refractivity contribution in [2.45, 2.75) is 64.5 Å². The smallest absolute Gasteiger partial charge is 0.0982 e. The number of hydrogen-bond acceptors (Lipinski definition) is 3. The van der Waals surface area contributed by atoms with Crippen molar-refractivity contribution in [1.29, 1.82) is 0 Å². The van der Waals surface area contributed by atoms with Crippen molar-refractivity contribution in [3.63, 3.8) is 0 Å². The van der Waals surface area contributed by atoms with E-state index in [4.69, 9.17) is 4.98 Å². The number of rotatable bonds is 5. The molecule has 1 aromatic rings. The van der Waals surface area contributed by atoms with Crippen molar-refractivity contribution in [2.24, 2.45) is 11.8 Å². The number of hydrogen-bond donors (Lipinski definition) is 1. The van der Waals surface area contributed by atoms with E-state index in [2.05, 4.69) is 31.5 Å². The van der Waals surface area contributed by atoms with Gasteiger partial charge in [0, 0.05) is 23.4 Å². The molecule has 1 N–H and O–H groups in total. The maximum atomic E-state index is 4.77. The second-order valence-corrected chi connectivity index (χ2v) is 7.83. The minimum atomic E-state index is 0.190. The highest BCUT2D eigenvalue weighted by Gasteiger charge is 2.41. The third-order valence-corrected chi connectivity index (χ3v) is 5.29. The predicted molar refractivity (Wildman–Crippen MR) is 76.9 cm³/mol. The Bertz CT molecular complexity index is 398. The Labute approximate surface area is 114 Å². The molecule has 2 saturated carbocycles. The predicted octanol–water partition coefficient (Wildman–Crippen LogP) is 3.72. The average Bonchev–Trinajstić information content (AvgIpc) is 3.19. The lowest BCUT2D eigenvalue weighted by atomic mass is 9.98. The van der Waals surface area contributed by atoms with Crippen LogP contribution in [0.3, 0.4) is 0 Å². The summed E-state index contributed by atoms with van der Waals surface area (Å²) in [5.74, 6) is 1.94. The molecule has 0 amide bonds. The van der Waals surface area contributed by atoms with Gasteiger partial charge in [-0.25, -0.2) is 4.98 Å². The zero-order chi connectivity index (χ0) is 12.8. The monoisotopic (exact) mass is 264 g/mol. The molecule has 2 nitrogen and oxygen atoms in total. The first-order valence-corrected chi connectivity index (χ1v) is 8.10. The highest BCUT2D eigenvalue weighted by molar-refractivity contribution is 7.09. The Kier molecular flexibility index (Phi) is 3.23. The molecule has 1 aromatic heterocycles. The van der Waals surface area contributed by atoms with Crippen molar-refractivity contribution in [2.75, 3.05) is 0 Å². The molecule has 0 aliphatic heterocycles. The van der Waals surface area contributed by atoms with Gasteiger partial charge in [-0.15, -0.1) is 11.3 Å². The first-order chi connectivity index (χ1) is 8.54. The van der Waals surface area contributed by atoms with Gasteiger partial charge in [-0.3, -0.25) is 0 Å². The van der Waals surface area contributed by atoms with E-state index in [-0.39, 0.29) is 5.41 Å². The molecular weight excluding hydrogens is 240 g/mol. The van der Waals surface area contributed by atoms with Crippen LogP contribution in [0.15, 0.2) is 5.38 Å². The zero-order valence-electron chi connectivity index (χ0n) is 11.7. The summed E-state index contributed by atoms with van der Waals surface area (Å²) in [6.07, 6.45) is 5.77. The Morgan fingerprint density at radius 1 is 1.28 bits per heavy atom. The third kappa shape index (κ3) is 2.94. The van der Waals surface area contributed by atoms with Gasteiger partial charge >= 0.3 is 0 Å². The van der Waals surface area contributed by atoms with Crippen LogP contribution in [0.25, 0.3) is 0 Å². The van der Waals surface area contributed by atoms with Crippen LogP contribution in [0.4, 0.5) is 0 Å². The summed E-state index contributed by atoms with van der Waals surface area (Å²) in [4.78, 5) is 4.77. The summed E-state index contributed by atoms with van der Waals surface area (Å²) in [5.41, 5.74) is 1.42. The molecule has 0 aromatic carbocycles. The van der Waals surface area contributed by atoms with E-state index in [0.29, 0.717) is 0 Å². The standard InChI is InChI=1S/C15H24N2S/c1-15(2,3)14-17-12(9-18-14)8-16-13(10-4-5-10)11-6-7-11/h9-11,13,16H,4-8H2,1-3H3. The van der Waals surface area contributed by atoms with Gasteiger partial charge in [-0.1, -0.05) is 20.8 Å². The fourth-order valence-corrected chi connectivity index (χ4v) is 3.49. The first-order valence-electron chi connectivity index (χ1n) is 7.22. The van der Waals surface area contributed by atoms with E-state index in [0.717, 1.165) is 24.4 Å². The zero-order valence-corrected chi connectivity index (χ0v) is 12.5. The van der Waals surface area contributed by atoms with E-state index in [1.54, 1.807) is 11.3 Å². The highest BCUT2D eigenvalue weighted by Crippen LogP contribution is 2.44. The Balaban J connectivity index is 1.57. The van der Waals surface area contributed by atoms with Gasteiger partial charge in [0.15, 0.2) is 0 Å². The molecule has 2 aliphatic rings. The minimum Gasteiger partial charge on any atom is -0.308 e. The summed E-state index contributed by atoms with van der Waals surface area (Å²) in [6.45, 7) is 7.67. The number of nitrogens with zero attached hydrogens (tertiary/aromatic N) is 1. The molecule has 2 aliphatic carbocycles. The normalized spacial score (nSPS) is 20.7. The van der Waals surface area contributed by atoms with Crippen LogP contribution in [0, 0.1) is 11.8 Å². The minimum absolute atomic E-state index is 0.190. The van der Waals surface area contributed by atoms with Crippen molar-refractivity contribution < 1.29 is 0 Å². The lowest BCUT2D eigenvalue weighted by Gasteiger charge is -2.17. The summed E-state index contributed by atoms with van der Waals surface area (Å²) >= 11 is 1.81. The van der Waals surface area contributed by atoms with Crippen LogP contribution >= 0.6 is 11.3 Å². The topological polar surface area (TPSA) is 24.9 Å². The second-order valence-electron chi connectivity index (χ2n) is 6.98. The molecule has 1 heterocycles. The fourth-order valence-electron chi connectivity index (χ4n) is 2.58. The first kappa shape index (κ1) is 12.6. The quantitative estimate of drug-likeness (QED) is 0.876. The molecule has 0 unspecified atom stereocenters. The number of aromatic nitrogens is 1. The molecule has 0 atom stereocenters. The van der Waals surface area contributed by atoms with E-state index < -0.39 is 0 Å². The maximum absolute atomic E-state index is 4.77. The fraction of sp³-hybridized carbons (Fsp3) is 0.800. The molecular formula is C15H24N2S. The molecule has 3 rings (SSSR count). The van der Waals surface area contributed by atoms with Crippen LogP contribution < -0.4 is 5.32 Å². The summed E-state index contributed by atoms with van der Waals surface area (Å²) in [7, 11) is 0. The molecule has 0 radical (unpaired) electrons. The van der Waals surface area contributed by atoms with Crippen molar-refractivity contribution in [3.05, 3.63) is 16.1 Å². The van der Waals surface area contributed by atoms with Crippen molar-refractivity contribution >= 4 is 11.3 Å². The van der Waals surface area contributed by atoms with E-state index in [1.165, 1.54) is 36.4 Å². The lowest BCUT2D eigenvalue weighted by Crippen LogP contribution is -2.32. The van der Waals surface area contributed by atoms with Crippen LogP contribution in [-0.2, 0) is 12.0 Å². The van der Waals surface area contributed by atoms with Crippen molar-refractivity contribution in [3.8, 4) is 0 Å². The summed E-state index contributed by atoms with van der Waals surface area (Å²) in [5, 5.41) is 7.25. The Hall–Kier alpha value is -0.410. The number of thiazole rings is 1. The number of nitrogens with one attached hydrogen (secondary N) is 1. The van der Waals surface area contributed by atoms with E-state index >= 15 is 0 Å². The largest absolute Gasteiger partial charge is 0.308 e.